The van der Waals surface area contributed by atoms with Gasteiger partial charge in [0.1, 0.15) is 6.61 Å². The van der Waals surface area contributed by atoms with Crippen molar-refractivity contribution in [2.24, 2.45) is 0 Å². The van der Waals surface area contributed by atoms with Gasteiger partial charge < -0.3 is 4.74 Å². The van der Waals surface area contributed by atoms with Gasteiger partial charge in [-0.1, -0.05) is 17.3 Å². The van der Waals surface area contributed by atoms with Gasteiger partial charge in [-0.3, -0.25) is 0 Å². The second-order valence-electron chi connectivity index (χ2n) is 3.39. The van der Waals surface area contributed by atoms with Gasteiger partial charge in [0.2, 0.25) is 0 Å². The van der Waals surface area contributed by atoms with Crippen molar-refractivity contribution >= 4 is 11.6 Å². The summed E-state index contributed by atoms with van der Waals surface area (Å²) in [6.45, 7) is 0.824. The number of rotatable bonds is 5. The first kappa shape index (κ1) is 11.9. The van der Waals surface area contributed by atoms with E-state index in [4.69, 9.17) is 16.3 Å². The molecule has 0 amide bonds. The molecule has 0 aliphatic heterocycles. The van der Waals surface area contributed by atoms with Crippen molar-refractivity contribution in [2.75, 3.05) is 6.61 Å². The van der Waals surface area contributed by atoms with Gasteiger partial charge in [0.25, 0.3) is 0 Å². The van der Waals surface area contributed by atoms with E-state index in [0.29, 0.717) is 24.7 Å². The summed E-state index contributed by atoms with van der Waals surface area (Å²) in [6.07, 6.45) is 1.73. The second kappa shape index (κ2) is 5.63. The lowest BCUT2D eigenvalue weighted by molar-refractivity contribution is 0.277. The molecule has 0 unspecified atom stereocenters. The number of para-hydroxylation sites is 1. The molecule has 0 atom stereocenters. The number of benzene rings is 1. The molecule has 17 heavy (non-hydrogen) atoms. The first-order valence-corrected chi connectivity index (χ1v) is 5.65. The lowest BCUT2D eigenvalue weighted by atomic mass is 10.3. The number of hydrogen-bond acceptors (Lipinski definition) is 3. The Morgan fingerprint density at radius 1 is 1.35 bits per heavy atom. The number of halogens is 2. The third-order valence-electron chi connectivity index (χ3n) is 2.14. The quantitative estimate of drug-likeness (QED) is 0.770. The Balaban J connectivity index is 1.85. The highest BCUT2D eigenvalue weighted by molar-refractivity contribution is 6.16. The Kier molecular flexibility index (Phi) is 3.93. The van der Waals surface area contributed by atoms with Crippen LogP contribution < -0.4 is 4.74 Å². The number of hydrogen-bond donors (Lipinski definition) is 0. The molecular weight excluding hydrogens is 245 g/mol. The fraction of sp³-hybridized carbons (Fsp3) is 0.273. The number of aromatic nitrogens is 3. The molecule has 0 spiro atoms. The molecule has 2 aromatic rings. The summed E-state index contributed by atoms with van der Waals surface area (Å²) in [5.74, 6) is 0.200. The van der Waals surface area contributed by atoms with Crippen LogP contribution in [0.3, 0.4) is 0 Å². The summed E-state index contributed by atoms with van der Waals surface area (Å²) < 4.78 is 20.1. The molecule has 4 nitrogen and oxygen atoms in total. The minimum absolute atomic E-state index is 0.241. The second-order valence-corrected chi connectivity index (χ2v) is 3.65. The van der Waals surface area contributed by atoms with Crippen LogP contribution in [0.5, 0.6) is 5.75 Å². The number of ether oxygens (including phenoxy) is 1. The molecule has 1 aromatic heterocycles. The van der Waals surface area contributed by atoms with E-state index in [9.17, 15) is 4.39 Å². The van der Waals surface area contributed by atoms with Crippen LogP contribution in [-0.4, -0.2) is 21.6 Å². The van der Waals surface area contributed by atoms with Crippen LogP contribution in [0.4, 0.5) is 4.39 Å². The Morgan fingerprint density at radius 3 is 2.88 bits per heavy atom. The maximum Gasteiger partial charge on any atom is 0.165 e. The van der Waals surface area contributed by atoms with Gasteiger partial charge in [0, 0.05) is 6.20 Å². The first-order chi connectivity index (χ1) is 8.29. The van der Waals surface area contributed by atoms with E-state index in [-0.39, 0.29) is 11.6 Å². The van der Waals surface area contributed by atoms with Gasteiger partial charge in [-0.2, -0.15) is 0 Å². The molecule has 0 N–H and O–H groups in total. The highest BCUT2D eigenvalue weighted by Crippen LogP contribution is 2.15. The van der Waals surface area contributed by atoms with E-state index < -0.39 is 0 Å². The topological polar surface area (TPSA) is 39.9 Å². The van der Waals surface area contributed by atoms with E-state index >= 15 is 0 Å². The van der Waals surface area contributed by atoms with E-state index in [1.807, 2.05) is 0 Å². The van der Waals surface area contributed by atoms with Crippen molar-refractivity contribution in [2.45, 2.75) is 12.4 Å². The van der Waals surface area contributed by atoms with Crippen LogP contribution >= 0.6 is 11.6 Å². The van der Waals surface area contributed by atoms with Gasteiger partial charge in [-0.25, -0.2) is 9.07 Å². The molecule has 0 aliphatic carbocycles. The average molecular weight is 256 g/mol. The number of nitrogens with zero attached hydrogens (tertiary/aromatic N) is 3. The summed E-state index contributed by atoms with van der Waals surface area (Å²) in [4.78, 5) is 0. The summed E-state index contributed by atoms with van der Waals surface area (Å²) >= 11 is 5.59. The zero-order valence-electron chi connectivity index (χ0n) is 9.01. The van der Waals surface area contributed by atoms with Gasteiger partial charge in [-0.05, 0) is 12.1 Å². The van der Waals surface area contributed by atoms with Crippen molar-refractivity contribution in [3.05, 3.63) is 42.0 Å². The van der Waals surface area contributed by atoms with Crippen molar-refractivity contribution in [1.29, 1.82) is 0 Å². The summed E-state index contributed by atoms with van der Waals surface area (Å²) in [6, 6.07) is 6.28. The summed E-state index contributed by atoms with van der Waals surface area (Å²) in [5, 5.41) is 7.68. The average Bonchev–Trinajstić information content (AvgIpc) is 2.80. The SMILES string of the molecule is Fc1ccccc1OCCn1cc(CCl)nn1. The minimum Gasteiger partial charge on any atom is -0.489 e. The lowest BCUT2D eigenvalue weighted by Gasteiger charge is -2.06. The van der Waals surface area contributed by atoms with Crippen LogP contribution in [0, 0.1) is 5.82 Å². The Morgan fingerprint density at radius 2 is 2.18 bits per heavy atom. The van der Waals surface area contributed by atoms with E-state index in [1.165, 1.54) is 6.07 Å². The Labute approximate surface area is 103 Å². The van der Waals surface area contributed by atoms with Gasteiger partial charge in [-0.15, -0.1) is 16.7 Å². The van der Waals surface area contributed by atoms with E-state index in [2.05, 4.69) is 10.3 Å². The zero-order chi connectivity index (χ0) is 12.1. The smallest absolute Gasteiger partial charge is 0.165 e. The normalized spacial score (nSPS) is 10.5. The molecule has 0 bridgehead atoms. The molecule has 90 valence electrons. The molecule has 0 saturated heterocycles. The van der Waals surface area contributed by atoms with Crippen LogP contribution in [0.2, 0.25) is 0 Å². The fourth-order valence-corrected chi connectivity index (χ4v) is 1.44. The van der Waals surface area contributed by atoms with Crippen molar-refractivity contribution in [3.63, 3.8) is 0 Å². The first-order valence-electron chi connectivity index (χ1n) is 5.12. The predicted octanol–water partition coefficient (Wildman–Crippen LogP) is 2.23. The molecule has 0 radical (unpaired) electrons. The molecule has 2 rings (SSSR count). The van der Waals surface area contributed by atoms with Crippen LogP contribution in [0.1, 0.15) is 5.69 Å². The molecule has 0 fully saturated rings. The third-order valence-corrected chi connectivity index (χ3v) is 2.41. The lowest BCUT2D eigenvalue weighted by Crippen LogP contribution is -2.09. The monoisotopic (exact) mass is 255 g/mol. The van der Waals surface area contributed by atoms with Gasteiger partial charge in [0.15, 0.2) is 11.6 Å². The molecule has 6 heteroatoms. The third kappa shape index (κ3) is 3.17. The summed E-state index contributed by atoms with van der Waals surface area (Å²) in [5.41, 5.74) is 0.706. The predicted molar refractivity (Wildman–Crippen MR) is 61.5 cm³/mol. The minimum atomic E-state index is -0.368. The van der Waals surface area contributed by atoms with E-state index in [0.717, 1.165) is 0 Å². The molecule has 0 aliphatic rings. The molecule has 1 aromatic carbocycles. The van der Waals surface area contributed by atoms with Crippen LogP contribution in [0.15, 0.2) is 30.5 Å². The highest BCUT2D eigenvalue weighted by atomic mass is 35.5. The van der Waals surface area contributed by atoms with Crippen LogP contribution in [0.25, 0.3) is 0 Å². The highest BCUT2D eigenvalue weighted by Gasteiger charge is 2.02. The fourth-order valence-electron chi connectivity index (χ4n) is 1.32. The van der Waals surface area contributed by atoms with Crippen molar-refractivity contribution < 1.29 is 9.13 Å². The van der Waals surface area contributed by atoms with Crippen molar-refractivity contribution in [1.82, 2.24) is 15.0 Å². The molecule has 0 saturated carbocycles. The Hall–Kier alpha value is -1.62. The standard InChI is InChI=1S/C11H11ClFN3O/c12-7-9-8-16(15-14-9)5-6-17-11-4-2-1-3-10(11)13/h1-4,8H,5-7H2. The van der Waals surface area contributed by atoms with Crippen LogP contribution in [-0.2, 0) is 12.4 Å². The van der Waals surface area contributed by atoms with Crippen molar-refractivity contribution in [3.8, 4) is 5.75 Å². The summed E-state index contributed by atoms with van der Waals surface area (Å²) in [7, 11) is 0. The van der Waals surface area contributed by atoms with Gasteiger partial charge >= 0.3 is 0 Å². The molecular formula is C11H11ClFN3O. The maximum absolute atomic E-state index is 13.2. The van der Waals surface area contributed by atoms with E-state index in [1.54, 1.807) is 29.1 Å². The largest absolute Gasteiger partial charge is 0.489 e. The number of alkyl halides is 1. The molecule has 1 heterocycles. The maximum atomic E-state index is 13.2. The Bertz CT molecular complexity index is 489. The zero-order valence-corrected chi connectivity index (χ0v) is 9.77. The van der Waals surface area contributed by atoms with Gasteiger partial charge in [0.05, 0.1) is 18.1 Å².